The maximum absolute atomic E-state index is 5.59. The smallest absolute Gasteiger partial charge is 0.232 e. The van der Waals surface area contributed by atoms with E-state index in [-0.39, 0.29) is 6.10 Å². The highest BCUT2D eigenvalue weighted by Gasteiger charge is 2.14. The average molecular weight is 251 g/mol. The maximum Gasteiger partial charge on any atom is 0.232 e. The van der Waals surface area contributed by atoms with Crippen LogP contribution in [0.2, 0.25) is 0 Å². The molecule has 2 rings (SSSR count). The third kappa shape index (κ3) is 4.23. The van der Waals surface area contributed by atoms with Crippen LogP contribution in [0.25, 0.3) is 0 Å². The summed E-state index contributed by atoms with van der Waals surface area (Å²) in [6.07, 6.45) is 7.10. The molecule has 5 nitrogen and oxygen atoms in total. The Kier molecular flexibility index (Phi) is 5.36. The minimum Gasteiger partial charge on any atom is -0.474 e. The summed E-state index contributed by atoms with van der Waals surface area (Å²) in [6.45, 7) is 5.16. The molecule has 100 valence electrons. The monoisotopic (exact) mass is 251 g/mol. The average Bonchev–Trinajstić information content (AvgIpc) is 2.45. The Labute approximate surface area is 108 Å². The quantitative estimate of drug-likeness (QED) is 0.831. The van der Waals surface area contributed by atoms with Gasteiger partial charge in [-0.1, -0.05) is 6.92 Å². The molecule has 0 amide bonds. The van der Waals surface area contributed by atoms with Gasteiger partial charge in [-0.25, -0.2) is 4.98 Å². The third-order valence-corrected chi connectivity index (χ3v) is 2.93. The Morgan fingerprint density at radius 1 is 1.39 bits per heavy atom. The van der Waals surface area contributed by atoms with Gasteiger partial charge in [0.25, 0.3) is 0 Å². The number of rotatable bonds is 6. The minimum atomic E-state index is 0.210. The van der Waals surface area contributed by atoms with E-state index in [9.17, 15) is 0 Å². The fraction of sp³-hybridized carbons (Fsp3) is 0.692. The van der Waals surface area contributed by atoms with Crippen molar-refractivity contribution < 1.29 is 9.47 Å². The Bertz CT molecular complexity index is 337. The van der Waals surface area contributed by atoms with E-state index in [2.05, 4.69) is 22.2 Å². The molecule has 1 fully saturated rings. The molecule has 1 aromatic rings. The zero-order valence-electron chi connectivity index (χ0n) is 10.9. The van der Waals surface area contributed by atoms with E-state index in [1.54, 1.807) is 12.4 Å². The lowest BCUT2D eigenvalue weighted by Gasteiger charge is -2.22. The highest BCUT2D eigenvalue weighted by Crippen LogP contribution is 2.14. The van der Waals surface area contributed by atoms with Crippen molar-refractivity contribution in [1.29, 1.82) is 0 Å². The van der Waals surface area contributed by atoms with E-state index in [1.807, 2.05) is 0 Å². The van der Waals surface area contributed by atoms with Crippen molar-refractivity contribution in [2.45, 2.75) is 38.8 Å². The van der Waals surface area contributed by atoms with Gasteiger partial charge < -0.3 is 14.8 Å². The van der Waals surface area contributed by atoms with Crippen LogP contribution in [0, 0.1) is 0 Å². The van der Waals surface area contributed by atoms with Gasteiger partial charge in [-0.3, -0.25) is 4.98 Å². The molecule has 1 saturated heterocycles. The SMILES string of the molecule is CCNCc1cnc(OCC2CCCCO2)cn1. The highest BCUT2D eigenvalue weighted by molar-refractivity contribution is 5.07. The fourth-order valence-electron chi connectivity index (χ4n) is 1.88. The Morgan fingerprint density at radius 3 is 3.00 bits per heavy atom. The molecule has 1 aromatic heterocycles. The molecular formula is C13H21N3O2. The van der Waals surface area contributed by atoms with E-state index < -0.39 is 0 Å². The summed E-state index contributed by atoms with van der Waals surface area (Å²) in [5.74, 6) is 0.574. The van der Waals surface area contributed by atoms with E-state index in [0.29, 0.717) is 12.5 Å². The van der Waals surface area contributed by atoms with Crippen LogP contribution in [0.15, 0.2) is 12.4 Å². The van der Waals surface area contributed by atoms with E-state index in [4.69, 9.17) is 9.47 Å². The Balaban J connectivity index is 1.75. The summed E-state index contributed by atoms with van der Waals surface area (Å²) in [5.41, 5.74) is 0.929. The van der Waals surface area contributed by atoms with Crippen LogP contribution in [0.3, 0.4) is 0 Å². The number of hydrogen-bond donors (Lipinski definition) is 1. The zero-order valence-corrected chi connectivity index (χ0v) is 10.9. The van der Waals surface area contributed by atoms with Crippen LogP contribution >= 0.6 is 0 Å². The van der Waals surface area contributed by atoms with Gasteiger partial charge in [0.2, 0.25) is 5.88 Å². The molecule has 0 bridgehead atoms. The topological polar surface area (TPSA) is 56.3 Å². The van der Waals surface area contributed by atoms with Crippen LogP contribution < -0.4 is 10.1 Å². The van der Waals surface area contributed by atoms with Gasteiger partial charge in [0.05, 0.1) is 24.2 Å². The normalized spacial score (nSPS) is 19.7. The molecule has 0 saturated carbocycles. The molecule has 0 aliphatic carbocycles. The first-order chi connectivity index (χ1) is 8.88. The second-order valence-corrected chi connectivity index (χ2v) is 4.43. The summed E-state index contributed by atoms with van der Waals surface area (Å²) in [4.78, 5) is 8.52. The standard InChI is InChI=1S/C13H21N3O2/c1-2-14-7-11-8-16-13(9-15-11)18-10-12-5-3-4-6-17-12/h8-9,12,14H,2-7,10H2,1H3. The third-order valence-electron chi connectivity index (χ3n) is 2.93. The van der Waals surface area contributed by atoms with Crippen molar-refractivity contribution in [3.05, 3.63) is 18.1 Å². The zero-order chi connectivity index (χ0) is 12.6. The summed E-state index contributed by atoms with van der Waals surface area (Å²) in [5, 5.41) is 3.20. The highest BCUT2D eigenvalue weighted by atomic mass is 16.5. The lowest BCUT2D eigenvalue weighted by atomic mass is 10.1. The molecule has 1 unspecified atom stereocenters. The summed E-state index contributed by atoms with van der Waals surface area (Å²) in [6, 6.07) is 0. The molecule has 2 heterocycles. The van der Waals surface area contributed by atoms with E-state index in [0.717, 1.165) is 38.2 Å². The van der Waals surface area contributed by atoms with Crippen LogP contribution in [-0.4, -0.2) is 35.8 Å². The first-order valence-electron chi connectivity index (χ1n) is 6.64. The van der Waals surface area contributed by atoms with Crippen molar-refractivity contribution in [1.82, 2.24) is 15.3 Å². The van der Waals surface area contributed by atoms with Gasteiger partial charge in [0.15, 0.2) is 0 Å². The summed E-state index contributed by atoms with van der Waals surface area (Å²) >= 11 is 0. The van der Waals surface area contributed by atoms with Crippen molar-refractivity contribution in [3.63, 3.8) is 0 Å². The molecule has 5 heteroatoms. The predicted molar refractivity (Wildman–Crippen MR) is 68.5 cm³/mol. The van der Waals surface area contributed by atoms with Crippen molar-refractivity contribution in [3.8, 4) is 5.88 Å². The molecule has 0 radical (unpaired) electrons. The molecule has 0 spiro atoms. The molecule has 1 N–H and O–H groups in total. The first kappa shape index (κ1) is 13.2. The number of nitrogens with zero attached hydrogens (tertiary/aromatic N) is 2. The van der Waals surface area contributed by atoms with Gasteiger partial charge in [-0.05, 0) is 25.8 Å². The van der Waals surface area contributed by atoms with E-state index in [1.165, 1.54) is 6.42 Å². The molecule has 1 aliphatic rings. The van der Waals surface area contributed by atoms with Gasteiger partial charge in [0.1, 0.15) is 6.61 Å². The lowest BCUT2D eigenvalue weighted by Crippen LogP contribution is -2.26. The minimum absolute atomic E-state index is 0.210. The van der Waals surface area contributed by atoms with Gasteiger partial charge in [0, 0.05) is 13.2 Å². The van der Waals surface area contributed by atoms with Crippen molar-refractivity contribution in [2.24, 2.45) is 0 Å². The second-order valence-electron chi connectivity index (χ2n) is 4.43. The van der Waals surface area contributed by atoms with Crippen molar-refractivity contribution in [2.75, 3.05) is 19.8 Å². The molecule has 18 heavy (non-hydrogen) atoms. The summed E-state index contributed by atoms with van der Waals surface area (Å²) < 4.78 is 11.2. The maximum atomic E-state index is 5.59. The fourth-order valence-corrected chi connectivity index (χ4v) is 1.88. The number of nitrogens with one attached hydrogen (secondary N) is 1. The Hall–Kier alpha value is -1.20. The largest absolute Gasteiger partial charge is 0.474 e. The van der Waals surface area contributed by atoms with Gasteiger partial charge >= 0.3 is 0 Å². The summed E-state index contributed by atoms with van der Waals surface area (Å²) in [7, 11) is 0. The van der Waals surface area contributed by atoms with Gasteiger partial charge in [-0.15, -0.1) is 0 Å². The van der Waals surface area contributed by atoms with Crippen LogP contribution in [0.4, 0.5) is 0 Å². The predicted octanol–water partition coefficient (Wildman–Crippen LogP) is 1.53. The van der Waals surface area contributed by atoms with Crippen molar-refractivity contribution >= 4 is 0 Å². The molecular weight excluding hydrogens is 230 g/mol. The van der Waals surface area contributed by atoms with Gasteiger partial charge in [-0.2, -0.15) is 0 Å². The van der Waals surface area contributed by atoms with Crippen LogP contribution in [0.1, 0.15) is 31.9 Å². The van der Waals surface area contributed by atoms with Crippen LogP contribution in [0.5, 0.6) is 5.88 Å². The number of ether oxygens (including phenoxy) is 2. The second kappa shape index (κ2) is 7.28. The molecule has 1 atom stereocenters. The number of hydrogen-bond acceptors (Lipinski definition) is 5. The van der Waals surface area contributed by atoms with E-state index >= 15 is 0 Å². The Morgan fingerprint density at radius 2 is 2.33 bits per heavy atom. The molecule has 1 aliphatic heterocycles. The number of aromatic nitrogens is 2. The van der Waals surface area contributed by atoms with Crippen LogP contribution in [-0.2, 0) is 11.3 Å². The molecule has 0 aromatic carbocycles. The lowest BCUT2D eigenvalue weighted by molar-refractivity contribution is -0.0120. The first-order valence-corrected chi connectivity index (χ1v) is 6.64.